The molecule has 1 saturated carbocycles. The Balaban J connectivity index is 0.875. The van der Waals surface area contributed by atoms with Crippen LogP contribution in [0.1, 0.15) is 102 Å². The minimum absolute atomic E-state index is 0.0286. The number of anilines is 1. The Bertz CT molecular complexity index is 4760. The Morgan fingerprint density at radius 1 is 0.829 bits per heavy atom. The van der Waals surface area contributed by atoms with E-state index in [1.165, 1.54) is 77.4 Å². The molecule has 5 aliphatic heterocycles. The molecule has 2 unspecified atom stereocenters. The van der Waals surface area contributed by atoms with Crippen LogP contribution in [-0.4, -0.2) is 249 Å². The maximum Gasteiger partial charge on any atom is 0.409 e. The van der Waals surface area contributed by atoms with Gasteiger partial charge in [0, 0.05) is 87.0 Å². The van der Waals surface area contributed by atoms with Crippen molar-refractivity contribution in [1.29, 1.82) is 0 Å². The number of amides is 11. The maximum absolute atomic E-state index is 15.3. The largest absolute Gasteiger partial charge is 0.508 e. The number of aliphatic hydroxyl groups is 2. The van der Waals surface area contributed by atoms with Crippen molar-refractivity contribution in [1.82, 2.24) is 52.4 Å². The van der Waals surface area contributed by atoms with Crippen LogP contribution in [0.15, 0.2) is 121 Å². The zero-order valence-corrected chi connectivity index (χ0v) is 73.7. The number of aromatic amines is 1. The zero-order valence-electron chi connectivity index (χ0n) is 69.7. The Morgan fingerprint density at radius 3 is 2.18 bits per heavy atom. The second-order valence-electron chi connectivity index (χ2n) is 31.8. The standard InChI is InChI=1S/C84H109ClN14O20S4/c1-45-19-18-25-64(116-9)84(114)69-70(117-80(113)97-84)81(4)44-82(5,119-81)83(69,39-66(103)99(7)62-36-50(33-45)37-63(115-8)67(62)85)118-79(112)46(2)98(6)65(102)30-32-120-121-41-59(71(88)104)93-77(110)61-43-123-122-42-60(94-72(105)54(87)34-48-20-12-10-13-21-48)76(109)91-57(35-49-26-28-52(101)29-27-49)74(107)92-58(38-51-40-89-55-23-16-15-22-53(51)55)75(108)90-56(24-14-11-17-31-86)73(106)96-68(47(3)100)78(111)95-61/h10,12-13,15-16,18-23,25-29,36-37,40,46-47,54,56-61,64,68-70,89,100-101,114H,11,14,17,24,30-35,38-39,41-44,86-87H2,1-9H3,(H2,88,104)(H,90,108)(H,91,109)(H,92,107)(H,93,110)(H,94,105)(H,95,111)(H,96,106)(H,97,113)/b25-18+,45-19+/t46-,47+,54+,56-,57-,58+,59-,60-,61-,64+,68-,69?,70-,81?,82+,83+,84+/m0/s1. The van der Waals surface area contributed by atoms with E-state index >= 15 is 24.0 Å². The SMILES string of the molecule is COc1cc2cc(c1Cl)N(C)C(=O)C[C@@]1(OC(=O)[C@H](C)N(C)C(=O)CCSSC[C@H](NC(=O)[C@@H]3CSSC[C@H](NC(=O)[C@H](N)Cc4ccccc4)C(=O)N[C@@H](Cc4ccc(O)cc4)C(=O)N[C@H](Cc4c[nH]c5ccccc45)C(=O)N[C@@H](CCCCCN)C(=O)N[C@@H]([C@@H](C)O)C(=O)N3)C(N)=O)C3[C@H](OC(=O)N[C@@]3(O)[C@H](OC)/C=C/C=C(\C)C2)C2(C)C[C@@]1(C)O2. The number of alkyl carbamates (subject to hydrolysis) is 1. The van der Waals surface area contributed by atoms with E-state index in [-0.39, 0.29) is 83.7 Å². The Kier molecular flexibility index (Phi) is 32.9. The molecule has 4 aromatic carbocycles. The van der Waals surface area contributed by atoms with Crippen molar-refractivity contribution in [3.8, 4) is 11.5 Å². The number of allylic oxidation sites excluding steroid dienone is 3. The summed E-state index contributed by atoms with van der Waals surface area (Å²) in [6.07, 6.45) is 1.53. The summed E-state index contributed by atoms with van der Waals surface area (Å²) in [5.41, 5.74) is 14.9. The van der Waals surface area contributed by atoms with Gasteiger partial charge in [-0.1, -0.05) is 152 Å². The second-order valence-corrected chi connectivity index (χ2v) is 37.4. The van der Waals surface area contributed by atoms with Crippen molar-refractivity contribution in [2.75, 3.05) is 62.8 Å². The number of carbonyl (C=O) groups excluding carboxylic acids is 12. The summed E-state index contributed by atoms with van der Waals surface area (Å²) >= 11 is 6.96. The third kappa shape index (κ3) is 23.1. The highest BCUT2D eigenvalue weighted by molar-refractivity contribution is 8.77. The molecule has 6 heterocycles. The maximum atomic E-state index is 15.3. The van der Waals surface area contributed by atoms with E-state index in [4.69, 9.17) is 52.5 Å². The van der Waals surface area contributed by atoms with Crippen molar-refractivity contribution in [2.45, 2.75) is 200 Å². The fraction of sp³-hybridized carbons (Fsp3) is 0.500. The molecule has 4 bridgehead atoms. The summed E-state index contributed by atoms with van der Waals surface area (Å²) < 4.78 is 31.0. The van der Waals surface area contributed by atoms with Gasteiger partial charge in [-0.05, 0) is 119 Å². The van der Waals surface area contributed by atoms with Gasteiger partial charge in [0.15, 0.2) is 11.3 Å². The minimum Gasteiger partial charge on any atom is -0.508 e. The fourth-order valence-corrected chi connectivity index (χ4v) is 20.8. The quantitative estimate of drug-likeness (QED) is 0.0194. The molecule has 0 radical (unpaired) electrons. The van der Waals surface area contributed by atoms with Crippen LogP contribution in [0.4, 0.5) is 10.5 Å². The number of carbonyl (C=O) groups is 12. The summed E-state index contributed by atoms with van der Waals surface area (Å²) in [7, 11) is 9.54. The predicted molar refractivity (Wildman–Crippen MR) is 467 cm³/mol. The number of hydrogen-bond acceptors (Lipinski definition) is 26. The summed E-state index contributed by atoms with van der Waals surface area (Å²) in [6.45, 7) is 8.07. The summed E-state index contributed by atoms with van der Waals surface area (Å²) in [5.74, 6) is -12.0. The highest BCUT2D eigenvalue weighted by atomic mass is 35.5. The molecule has 1 aliphatic carbocycles. The number of nitrogens with one attached hydrogen (secondary N) is 9. The second kappa shape index (κ2) is 42.4. The van der Waals surface area contributed by atoms with E-state index < -0.39 is 179 Å². The van der Waals surface area contributed by atoms with Crippen molar-refractivity contribution in [3.63, 3.8) is 0 Å². The number of halogens is 1. The smallest absolute Gasteiger partial charge is 0.409 e. The number of phenolic OH excluding ortho intramolecular Hbond substituents is 1. The number of ether oxygens (including phenoxy) is 5. The van der Waals surface area contributed by atoms with E-state index in [9.17, 15) is 48.9 Å². The van der Waals surface area contributed by atoms with Crippen LogP contribution in [0.25, 0.3) is 10.9 Å². The topological polar surface area (TPSA) is 508 Å². The van der Waals surface area contributed by atoms with Gasteiger partial charge in [0.1, 0.15) is 88.3 Å². The monoisotopic (exact) mass is 1800 g/mol. The molecule has 0 spiro atoms. The van der Waals surface area contributed by atoms with Crippen molar-refractivity contribution < 1.29 is 96.5 Å². The number of hydrogen-bond donors (Lipinski definition) is 15. The minimum atomic E-state index is -2.48. The summed E-state index contributed by atoms with van der Waals surface area (Å²) in [4.78, 5) is 181. The molecule has 123 heavy (non-hydrogen) atoms. The number of methoxy groups -OCH3 is 2. The first kappa shape index (κ1) is 95.6. The number of rotatable bonds is 28. The number of primary amides is 1. The third-order valence-electron chi connectivity index (χ3n) is 22.8. The number of nitrogens with two attached hydrogens (primary N) is 3. The lowest BCUT2D eigenvalue weighted by Gasteiger charge is -2.73. The van der Waals surface area contributed by atoms with E-state index in [1.54, 1.807) is 86.8 Å². The van der Waals surface area contributed by atoms with Gasteiger partial charge in [0.05, 0.1) is 37.3 Å². The van der Waals surface area contributed by atoms with Gasteiger partial charge in [-0.15, -0.1) is 0 Å². The van der Waals surface area contributed by atoms with E-state index in [0.717, 1.165) is 53.6 Å². The molecule has 6 aliphatic rings. The van der Waals surface area contributed by atoms with E-state index in [0.29, 0.717) is 65.4 Å². The van der Waals surface area contributed by atoms with E-state index in [1.807, 2.05) is 19.1 Å². The predicted octanol–water partition coefficient (Wildman–Crippen LogP) is 3.46. The van der Waals surface area contributed by atoms with Crippen LogP contribution in [0.5, 0.6) is 11.5 Å². The van der Waals surface area contributed by atoms with Gasteiger partial charge < -0.3 is 108 Å². The highest BCUT2D eigenvalue weighted by Crippen LogP contribution is 2.66. The molecule has 17 atom stereocenters. The lowest BCUT2D eigenvalue weighted by Crippen LogP contribution is -2.90. The van der Waals surface area contributed by atoms with Crippen LogP contribution in [-0.2, 0) is 97.4 Å². The number of aliphatic hydroxyl groups excluding tert-OH is 1. The van der Waals surface area contributed by atoms with Gasteiger partial charge >= 0.3 is 12.1 Å². The average molecular weight is 1800 g/mol. The van der Waals surface area contributed by atoms with Gasteiger partial charge in [-0.3, -0.25) is 53.3 Å². The molecule has 1 aromatic heterocycles. The number of phenols is 1. The number of fused-ring (bicyclic) bond motifs is 3. The molecule has 666 valence electrons. The Morgan fingerprint density at radius 2 is 1.50 bits per heavy atom. The van der Waals surface area contributed by atoms with Gasteiger partial charge in [0.25, 0.3) is 0 Å². The zero-order chi connectivity index (χ0) is 89.4. The van der Waals surface area contributed by atoms with Crippen LogP contribution < -0.4 is 69.4 Å². The number of para-hydroxylation sites is 1. The van der Waals surface area contributed by atoms with Crippen LogP contribution >= 0.6 is 54.8 Å². The number of H-pyrrole nitrogens is 1. The van der Waals surface area contributed by atoms with Gasteiger partial charge in [-0.2, -0.15) is 0 Å². The number of aromatic hydroxyl groups is 1. The fourth-order valence-electron chi connectivity index (χ4n) is 16.0. The molecule has 5 aromatic rings. The molecular formula is C84H109ClN14O20S4. The highest BCUT2D eigenvalue weighted by Gasteiger charge is 2.83. The number of likely N-dealkylation sites (N-methyl/N-ethyl adjacent to an activating group) is 1. The average Bonchev–Trinajstić information content (AvgIpc) is 0.684. The molecule has 34 nitrogen and oxygen atoms in total. The molecule has 4 saturated heterocycles. The molecule has 5 fully saturated rings. The number of nitrogens with zero attached hydrogens (tertiary/aromatic N) is 2. The first-order valence-corrected chi connectivity index (χ1v) is 45.6. The number of esters is 1. The number of benzene rings is 4. The van der Waals surface area contributed by atoms with Crippen LogP contribution in [0.2, 0.25) is 5.02 Å². The van der Waals surface area contributed by atoms with Crippen molar-refractivity contribution in [2.24, 2.45) is 23.1 Å². The molecule has 18 N–H and O–H groups in total. The Labute approximate surface area is 733 Å². The van der Waals surface area contributed by atoms with Crippen LogP contribution in [0, 0.1) is 5.92 Å². The number of unbranched alkanes of at least 4 members (excludes halogenated alkanes) is 2. The van der Waals surface area contributed by atoms with E-state index in [2.05, 4.69) is 47.5 Å². The number of aromatic nitrogens is 1. The first-order chi connectivity index (χ1) is 58.4. The first-order valence-electron chi connectivity index (χ1n) is 40.3. The molecular weight excluding hydrogens is 1690 g/mol. The summed E-state index contributed by atoms with van der Waals surface area (Å²) in [6, 6.07) is 11.9. The normalized spacial score (nSPS) is 27.7. The lowest BCUT2D eigenvalue weighted by molar-refractivity contribution is -0.431. The van der Waals surface area contributed by atoms with Gasteiger partial charge in [-0.25, -0.2) is 9.59 Å². The van der Waals surface area contributed by atoms with Crippen molar-refractivity contribution in [3.05, 3.63) is 148 Å². The molecule has 39 heteroatoms. The van der Waals surface area contributed by atoms with Gasteiger partial charge in [0.2, 0.25) is 59.1 Å². The lowest BCUT2D eigenvalue weighted by atomic mass is 9.50. The van der Waals surface area contributed by atoms with Crippen LogP contribution in [0.3, 0.4) is 0 Å². The van der Waals surface area contributed by atoms with Crippen molar-refractivity contribution >= 4 is 143 Å². The summed E-state index contributed by atoms with van der Waals surface area (Å²) in [5, 5.41) is 57.1. The molecule has 11 amide bonds. The molecule has 11 rings (SSSR count). The Hall–Kier alpha value is -9.61. The third-order valence-corrected chi connectivity index (χ3v) is 28.0.